The van der Waals surface area contributed by atoms with Crippen LogP contribution >= 0.6 is 11.6 Å². The number of amides is 2. The quantitative estimate of drug-likeness (QED) is 0.789. The van der Waals surface area contributed by atoms with E-state index in [1.165, 1.54) is 26.4 Å². The third kappa shape index (κ3) is 4.92. The maximum Gasteiger partial charge on any atom is 0.251 e. The average Bonchev–Trinajstić information content (AvgIpc) is 2.61. The van der Waals surface area contributed by atoms with Crippen molar-refractivity contribution in [2.24, 2.45) is 0 Å². The fraction of sp³-hybridized carbons (Fsp3) is 0.300. The minimum atomic E-state index is -0.439. The van der Waals surface area contributed by atoms with Crippen LogP contribution in [0.4, 0.5) is 5.69 Å². The molecule has 0 aliphatic heterocycles. The Bertz CT molecular complexity index is 858. The van der Waals surface area contributed by atoms with Crippen LogP contribution < -0.4 is 20.1 Å². The predicted octanol–water partition coefficient (Wildman–Crippen LogP) is 3.65. The Morgan fingerprint density at radius 3 is 2.19 bits per heavy atom. The summed E-state index contributed by atoms with van der Waals surface area (Å²) in [5, 5.41) is 5.67. The lowest BCUT2D eigenvalue weighted by atomic mass is 10.1. The Morgan fingerprint density at radius 2 is 1.63 bits per heavy atom. The Morgan fingerprint density at radius 1 is 1.00 bits per heavy atom. The normalized spacial score (nSPS) is 10.3. The smallest absolute Gasteiger partial charge is 0.251 e. The van der Waals surface area contributed by atoms with E-state index in [2.05, 4.69) is 10.6 Å². The van der Waals surface area contributed by atoms with Gasteiger partial charge in [0.2, 0.25) is 5.91 Å². The zero-order valence-corrected chi connectivity index (χ0v) is 16.8. The number of hydrogen-bond donors (Lipinski definition) is 2. The molecule has 0 atom stereocenters. The molecule has 0 radical (unpaired) electrons. The number of ether oxygens (including phenoxy) is 2. The lowest BCUT2D eigenvalue weighted by Gasteiger charge is -2.14. The molecule has 6 nitrogen and oxygen atoms in total. The molecule has 0 saturated heterocycles. The molecule has 2 rings (SSSR count). The van der Waals surface area contributed by atoms with E-state index in [1.54, 1.807) is 0 Å². The van der Waals surface area contributed by atoms with Gasteiger partial charge in [-0.05, 0) is 44.0 Å². The Labute approximate surface area is 163 Å². The zero-order chi connectivity index (χ0) is 20.1. The van der Waals surface area contributed by atoms with Gasteiger partial charge in [0, 0.05) is 11.3 Å². The number of carbonyl (C=O) groups excluding carboxylic acids is 2. The monoisotopic (exact) mass is 390 g/mol. The van der Waals surface area contributed by atoms with Crippen LogP contribution in [0.3, 0.4) is 0 Å². The SMILES string of the molecule is COc1cc(C(=O)NCC(=O)Nc2c(C)cc(C)cc2C)cc(Cl)c1OC. The molecule has 0 bridgehead atoms. The largest absolute Gasteiger partial charge is 0.493 e. The molecular weight excluding hydrogens is 368 g/mol. The highest BCUT2D eigenvalue weighted by Gasteiger charge is 2.16. The summed E-state index contributed by atoms with van der Waals surface area (Å²) in [7, 11) is 2.92. The van der Waals surface area contributed by atoms with E-state index in [1.807, 2.05) is 32.9 Å². The van der Waals surface area contributed by atoms with Gasteiger partial charge in [0.05, 0.1) is 25.8 Å². The number of anilines is 1. The van der Waals surface area contributed by atoms with Crippen molar-refractivity contribution >= 4 is 29.1 Å². The van der Waals surface area contributed by atoms with Gasteiger partial charge in [-0.15, -0.1) is 0 Å². The Hall–Kier alpha value is -2.73. The van der Waals surface area contributed by atoms with Crippen LogP contribution in [0.15, 0.2) is 24.3 Å². The maximum absolute atomic E-state index is 12.4. The van der Waals surface area contributed by atoms with E-state index in [0.29, 0.717) is 11.5 Å². The molecular formula is C20H23ClN2O4. The molecule has 7 heteroatoms. The molecule has 2 aromatic rings. The Kier molecular flexibility index (Phi) is 6.69. The van der Waals surface area contributed by atoms with Crippen LogP contribution in [0, 0.1) is 20.8 Å². The second kappa shape index (κ2) is 8.77. The summed E-state index contributed by atoms with van der Waals surface area (Å²) in [6.07, 6.45) is 0. The third-order valence-electron chi connectivity index (χ3n) is 4.05. The highest BCUT2D eigenvalue weighted by atomic mass is 35.5. The van der Waals surface area contributed by atoms with E-state index in [4.69, 9.17) is 21.1 Å². The number of carbonyl (C=O) groups is 2. The number of benzene rings is 2. The molecule has 0 fully saturated rings. The van der Waals surface area contributed by atoms with Crippen molar-refractivity contribution in [3.05, 3.63) is 51.5 Å². The van der Waals surface area contributed by atoms with Crippen molar-refractivity contribution in [2.75, 3.05) is 26.1 Å². The molecule has 0 aliphatic carbocycles. The topological polar surface area (TPSA) is 76.7 Å². The van der Waals surface area contributed by atoms with Gasteiger partial charge >= 0.3 is 0 Å². The molecule has 0 heterocycles. The molecule has 2 amide bonds. The van der Waals surface area contributed by atoms with Crippen molar-refractivity contribution < 1.29 is 19.1 Å². The van der Waals surface area contributed by atoms with Gasteiger partial charge in [-0.1, -0.05) is 29.3 Å². The first-order chi connectivity index (χ1) is 12.8. The fourth-order valence-electron chi connectivity index (χ4n) is 2.87. The summed E-state index contributed by atoms with van der Waals surface area (Å²) in [5.74, 6) is -0.0698. The minimum absolute atomic E-state index is 0.169. The van der Waals surface area contributed by atoms with E-state index in [-0.39, 0.29) is 23.0 Å². The fourth-order valence-corrected chi connectivity index (χ4v) is 3.16. The number of methoxy groups -OCH3 is 2. The van der Waals surface area contributed by atoms with Crippen molar-refractivity contribution in [3.63, 3.8) is 0 Å². The highest BCUT2D eigenvalue weighted by molar-refractivity contribution is 6.32. The van der Waals surface area contributed by atoms with Gasteiger partial charge < -0.3 is 20.1 Å². The van der Waals surface area contributed by atoms with Crippen LogP contribution in [-0.4, -0.2) is 32.6 Å². The lowest BCUT2D eigenvalue weighted by molar-refractivity contribution is -0.115. The van der Waals surface area contributed by atoms with Crippen LogP contribution in [0.25, 0.3) is 0 Å². The van der Waals surface area contributed by atoms with Gasteiger partial charge in [0.15, 0.2) is 11.5 Å². The summed E-state index contributed by atoms with van der Waals surface area (Å²) < 4.78 is 10.3. The molecule has 2 aromatic carbocycles. The summed E-state index contributed by atoms with van der Waals surface area (Å²) >= 11 is 6.11. The zero-order valence-electron chi connectivity index (χ0n) is 16.0. The van der Waals surface area contributed by atoms with E-state index >= 15 is 0 Å². The van der Waals surface area contributed by atoms with Crippen molar-refractivity contribution in [3.8, 4) is 11.5 Å². The first kappa shape index (κ1) is 20.6. The summed E-state index contributed by atoms with van der Waals surface area (Å²) in [6, 6.07) is 6.95. The van der Waals surface area contributed by atoms with E-state index < -0.39 is 5.91 Å². The van der Waals surface area contributed by atoms with Crippen molar-refractivity contribution in [1.82, 2.24) is 5.32 Å². The molecule has 144 valence electrons. The molecule has 0 aliphatic rings. The number of aryl methyl sites for hydroxylation is 3. The average molecular weight is 391 g/mol. The second-order valence-electron chi connectivity index (χ2n) is 6.20. The summed E-state index contributed by atoms with van der Waals surface area (Å²) in [5.41, 5.74) is 4.10. The second-order valence-corrected chi connectivity index (χ2v) is 6.61. The minimum Gasteiger partial charge on any atom is -0.493 e. The first-order valence-corrected chi connectivity index (χ1v) is 8.72. The highest BCUT2D eigenvalue weighted by Crippen LogP contribution is 2.35. The van der Waals surface area contributed by atoms with Crippen LogP contribution in [0.5, 0.6) is 11.5 Å². The van der Waals surface area contributed by atoms with E-state index in [9.17, 15) is 9.59 Å². The number of nitrogens with one attached hydrogen (secondary N) is 2. The standard InChI is InChI=1S/C20H23ClN2O4/c1-11-6-12(2)18(13(3)7-11)23-17(24)10-22-20(25)14-8-15(21)19(27-5)16(9-14)26-4/h6-9H,10H2,1-5H3,(H,22,25)(H,23,24). The summed E-state index contributed by atoms with van der Waals surface area (Å²) in [6.45, 7) is 5.69. The first-order valence-electron chi connectivity index (χ1n) is 8.34. The van der Waals surface area contributed by atoms with Crippen LogP contribution in [-0.2, 0) is 4.79 Å². The lowest BCUT2D eigenvalue weighted by Crippen LogP contribution is -2.33. The molecule has 27 heavy (non-hydrogen) atoms. The van der Waals surface area contributed by atoms with Crippen LogP contribution in [0.2, 0.25) is 5.02 Å². The van der Waals surface area contributed by atoms with Crippen molar-refractivity contribution in [1.29, 1.82) is 0 Å². The van der Waals surface area contributed by atoms with Gasteiger partial charge in [0.1, 0.15) is 0 Å². The van der Waals surface area contributed by atoms with Gasteiger partial charge in [-0.2, -0.15) is 0 Å². The molecule has 0 unspecified atom stereocenters. The molecule has 0 saturated carbocycles. The Balaban J connectivity index is 2.05. The van der Waals surface area contributed by atoms with Crippen LogP contribution in [0.1, 0.15) is 27.0 Å². The maximum atomic E-state index is 12.4. The molecule has 0 spiro atoms. The predicted molar refractivity (Wildman–Crippen MR) is 106 cm³/mol. The third-order valence-corrected chi connectivity index (χ3v) is 4.33. The van der Waals surface area contributed by atoms with Gasteiger partial charge in [-0.3, -0.25) is 9.59 Å². The van der Waals surface area contributed by atoms with Crippen molar-refractivity contribution in [2.45, 2.75) is 20.8 Å². The number of halogens is 1. The van der Waals surface area contributed by atoms with Gasteiger partial charge in [-0.25, -0.2) is 0 Å². The van der Waals surface area contributed by atoms with Gasteiger partial charge in [0.25, 0.3) is 5.91 Å². The summed E-state index contributed by atoms with van der Waals surface area (Å²) in [4.78, 5) is 24.6. The molecule has 0 aromatic heterocycles. The molecule has 2 N–H and O–H groups in total. The van der Waals surface area contributed by atoms with E-state index in [0.717, 1.165) is 22.4 Å². The number of hydrogen-bond acceptors (Lipinski definition) is 4. The number of rotatable bonds is 6.